The van der Waals surface area contributed by atoms with Crippen LogP contribution in [0.15, 0.2) is 42.6 Å². The summed E-state index contributed by atoms with van der Waals surface area (Å²) in [6, 6.07) is 9.98. The number of nitrogens with two attached hydrogens (primary N) is 1. The number of halogens is 1. The largest absolute Gasteiger partial charge is 0.370 e. The summed E-state index contributed by atoms with van der Waals surface area (Å²) in [4.78, 5) is 19.9. The molecule has 0 atom stereocenters. The summed E-state index contributed by atoms with van der Waals surface area (Å²) in [6.45, 7) is 0.516. The van der Waals surface area contributed by atoms with Crippen molar-refractivity contribution in [1.82, 2.24) is 14.5 Å². The number of fused-ring (bicyclic) bond motifs is 1. The number of carbonyl (C=O) groups excluding carboxylic acids is 1. The third-order valence-electron chi connectivity index (χ3n) is 3.43. The number of pyridine rings is 1. The molecule has 0 fully saturated rings. The maximum Gasteiger partial charge on any atom is 0.217 e. The van der Waals surface area contributed by atoms with E-state index in [9.17, 15) is 9.18 Å². The lowest BCUT2D eigenvalue weighted by atomic mass is 10.2. The van der Waals surface area contributed by atoms with Gasteiger partial charge in [0.2, 0.25) is 5.91 Å². The van der Waals surface area contributed by atoms with Crippen molar-refractivity contribution < 1.29 is 9.18 Å². The second kappa shape index (κ2) is 5.93. The maximum absolute atomic E-state index is 13.0. The van der Waals surface area contributed by atoms with Crippen LogP contribution in [0, 0.1) is 5.82 Å². The molecule has 0 aliphatic rings. The van der Waals surface area contributed by atoms with E-state index in [-0.39, 0.29) is 18.1 Å². The zero-order valence-electron chi connectivity index (χ0n) is 11.9. The summed E-state index contributed by atoms with van der Waals surface area (Å²) in [6.07, 6.45) is 2.38. The van der Waals surface area contributed by atoms with Gasteiger partial charge in [-0.2, -0.15) is 0 Å². The van der Waals surface area contributed by atoms with Crippen LogP contribution in [0.5, 0.6) is 0 Å². The summed E-state index contributed by atoms with van der Waals surface area (Å²) in [5, 5.41) is 0. The third-order valence-corrected chi connectivity index (χ3v) is 3.43. The van der Waals surface area contributed by atoms with Crippen molar-refractivity contribution in [2.24, 2.45) is 5.73 Å². The van der Waals surface area contributed by atoms with Gasteiger partial charge in [0.1, 0.15) is 17.2 Å². The van der Waals surface area contributed by atoms with Crippen LogP contribution in [0.1, 0.15) is 17.8 Å². The van der Waals surface area contributed by atoms with Crippen molar-refractivity contribution in [3.05, 3.63) is 59.8 Å². The van der Waals surface area contributed by atoms with Gasteiger partial charge in [0.25, 0.3) is 0 Å². The first-order valence-electron chi connectivity index (χ1n) is 6.96. The van der Waals surface area contributed by atoms with E-state index in [4.69, 9.17) is 5.73 Å². The highest BCUT2D eigenvalue weighted by atomic mass is 19.1. The van der Waals surface area contributed by atoms with Gasteiger partial charge in [-0.25, -0.2) is 14.4 Å². The standard InChI is InChI=1S/C16H15FN4O/c17-12-5-3-11(4-6-12)10-21-15(8-7-14(18)22)20-13-2-1-9-19-16(13)21/h1-6,9H,7-8,10H2,(H2,18,22). The molecule has 0 radical (unpaired) electrons. The highest BCUT2D eigenvalue weighted by Gasteiger charge is 2.12. The minimum absolute atomic E-state index is 0.229. The Balaban J connectivity index is 1.99. The molecule has 22 heavy (non-hydrogen) atoms. The van der Waals surface area contributed by atoms with Crippen LogP contribution in [-0.4, -0.2) is 20.4 Å². The average Bonchev–Trinajstić information content (AvgIpc) is 2.85. The minimum Gasteiger partial charge on any atom is -0.370 e. The highest BCUT2D eigenvalue weighted by Crippen LogP contribution is 2.17. The van der Waals surface area contributed by atoms with Crippen molar-refractivity contribution in [2.75, 3.05) is 0 Å². The second-order valence-electron chi connectivity index (χ2n) is 5.05. The van der Waals surface area contributed by atoms with E-state index in [1.807, 2.05) is 16.7 Å². The van der Waals surface area contributed by atoms with Crippen LogP contribution in [0.3, 0.4) is 0 Å². The molecule has 3 aromatic rings. The molecule has 0 spiro atoms. The van der Waals surface area contributed by atoms with Crippen LogP contribution < -0.4 is 5.73 Å². The molecule has 0 saturated heterocycles. The fourth-order valence-electron chi connectivity index (χ4n) is 2.37. The Kier molecular flexibility index (Phi) is 3.82. The Morgan fingerprint density at radius 2 is 2.00 bits per heavy atom. The van der Waals surface area contributed by atoms with Gasteiger partial charge in [0.05, 0.1) is 6.54 Å². The third kappa shape index (κ3) is 2.95. The molecule has 3 rings (SSSR count). The summed E-state index contributed by atoms with van der Waals surface area (Å²) in [5.74, 6) is 0.108. The van der Waals surface area contributed by atoms with Crippen LogP contribution in [0.2, 0.25) is 0 Å². The van der Waals surface area contributed by atoms with Gasteiger partial charge in [-0.15, -0.1) is 0 Å². The van der Waals surface area contributed by atoms with Gasteiger partial charge in [-0.1, -0.05) is 12.1 Å². The first-order chi connectivity index (χ1) is 10.6. The zero-order valence-corrected chi connectivity index (χ0v) is 11.9. The number of aromatic nitrogens is 3. The SMILES string of the molecule is NC(=O)CCc1nc2cccnc2n1Cc1ccc(F)cc1. The van der Waals surface area contributed by atoms with E-state index < -0.39 is 0 Å². The number of nitrogens with zero attached hydrogens (tertiary/aromatic N) is 3. The van der Waals surface area contributed by atoms with Gasteiger partial charge in [-0.3, -0.25) is 4.79 Å². The number of amides is 1. The number of primary amides is 1. The number of imidazole rings is 1. The molecule has 5 nitrogen and oxygen atoms in total. The molecule has 6 heteroatoms. The fourth-order valence-corrected chi connectivity index (χ4v) is 2.37. The zero-order chi connectivity index (χ0) is 15.5. The van der Waals surface area contributed by atoms with E-state index in [1.54, 1.807) is 18.3 Å². The molecular weight excluding hydrogens is 283 g/mol. The molecule has 1 aromatic carbocycles. The minimum atomic E-state index is -0.367. The molecule has 0 saturated carbocycles. The van der Waals surface area contributed by atoms with E-state index in [1.165, 1.54) is 12.1 Å². The van der Waals surface area contributed by atoms with Gasteiger partial charge in [0, 0.05) is 19.0 Å². The molecular formula is C16H15FN4O. The summed E-state index contributed by atoms with van der Waals surface area (Å²) >= 11 is 0. The van der Waals surface area contributed by atoms with Crippen molar-refractivity contribution in [2.45, 2.75) is 19.4 Å². The molecule has 2 heterocycles. The molecule has 0 aliphatic carbocycles. The molecule has 2 aromatic heterocycles. The molecule has 1 amide bonds. The van der Waals surface area contributed by atoms with Crippen molar-refractivity contribution in [1.29, 1.82) is 0 Å². The topological polar surface area (TPSA) is 73.8 Å². The summed E-state index contributed by atoms with van der Waals surface area (Å²) in [5.41, 5.74) is 7.67. The molecule has 0 unspecified atom stereocenters. The monoisotopic (exact) mass is 298 g/mol. The number of aryl methyl sites for hydroxylation is 1. The van der Waals surface area contributed by atoms with E-state index in [2.05, 4.69) is 9.97 Å². The average molecular weight is 298 g/mol. The Bertz CT molecular complexity index is 811. The molecule has 0 bridgehead atoms. The number of benzene rings is 1. The predicted molar refractivity (Wildman–Crippen MR) is 80.5 cm³/mol. The van der Waals surface area contributed by atoms with Gasteiger partial charge in [-0.05, 0) is 29.8 Å². The Morgan fingerprint density at radius 3 is 2.73 bits per heavy atom. The lowest BCUT2D eigenvalue weighted by molar-refractivity contribution is -0.118. The number of rotatable bonds is 5. The van der Waals surface area contributed by atoms with Gasteiger partial charge in [0.15, 0.2) is 5.65 Å². The normalized spacial score (nSPS) is 11.0. The first-order valence-corrected chi connectivity index (χ1v) is 6.96. The lowest BCUT2D eigenvalue weighted by Gasteiger charge is -2.08. The summed E-state index contributed by atoms with van der Waals surface area (Å²) < 4.78 is 15.0. The number of carbonyl (C=O) groups is 1. The van der Waals surface area contributed by atoms with E-state index >= 15 is 0 Å². The Hall–Kier alpha value is -2.76. The number of hydrogen-bond donors (Lipinski definition) is 1. The number of hydrogen-bond acceptors (Lipinski definition) is 3. The second-order valence-corrected chi connectivity index (χ2v) is 5.05. The van der Waals surface area contributed by atoms with Gasteiger partial charge >= 0.3 is 0 Å². The predicted octanol–water partition coefficient (Wildman–Crippen LogP) is 2.04. The molecule has 2 N–H and O–H groups in total. The fraction of sp³-hybridized carbons (Fsp3) is 0.188. The Morgan fingerprint density at radius 1 is 1.23 bits per heavy atom. The smallest absolute Gasteiger partial charge is 0.217 e. The lowest BCUT2D eigenvalue weighted by Crippen LogP contribution is -2.14. The van der Waals surface area contributed by atoms with E-state index in [0.29, 0.717) is 13.0 Å². The maximum atomic E-state index is 13.0. The van der Waals surface area contributed by atoms with Crippen LogP contribution >= 0.6 is 0 Å². The molecule has 0 aliphatic heterocycles. The van der Waals surface area contributed by atoms with Crippen molar-refractivity contribution in [3.63, 3.8) is 0 Å². The highest BCUT2D eigenvalue weighted by molar-refractivity contribution is 5.74. The van der Waals surface area contributed by atoms with E-state index in [0.717, 1.165) is 22.6 Å². The molecule has 112 valence electrons. The van der Waals surface area contributed by atoms with Gasteiger partial charge < -0.3 is 10.3 Å². The first kappa shape index (κ1) is 14.2. The van der Waals surface area contributed by atoms with Crippen LogP contribution in [0.25, 0.3) is 11.2 Å². The van der Waals surface area contributed by atoms with Crippen LogP contribution in [-0.2, 0) is 17.8 Å². The quantitative estimate of drug-likeness (QED) is 0.783. The summed E-state index contributed by atoms with van der Waals surface area (Å²) in [7, 11) is 0. The van der Waals surface area contributed by atoms with Crippen molar-refractivity contribution >= 4 is 17.1 Å². The van der Waals surface area contributed by atoms with Crippen molar-refractivity contribution in [3.8, 4) is 0 Å². The Labute approximate surface area is 126 Å². The van der Waals surface area contributed by atoms with Crippen LogP contribution in [0.4, 0.5) is 4.39 Å².